The molecule has 6 nitrogen and oxygen atoms in total. The van der Waals surface area contributed by atoms with Crippen molar-refractivity contribution in [3.8, 4) is 5.88 Å². The quantitative estimate of drug-likeness (QED) is 0.778. The van der Waals surface area contributed by atoms with Gasteiger partial charge in [0.1, 0.15) is 5.56 Å². The van der Waals surface area contributed by atoms with Gasteiger partial charge in [0.25, 0.3) is 5.56 Å². The fraction of sp³-hybridized carbons (Fsp3) is 0.333. The zero-order valence-corrected chi connectivity index (χ0v) is 9.13. The van der Waals surface area contributed by atoms with E-state index in [9.17, 15) is 22.8 Å². The van der Waals surface area contributed by atoms with Crippen LogP contribution in [-0.4, -0.2) is 24.4 Å². The molecule has 100 valence electrons. The Morgan fingerprint density at radius 2 is 2.11 bits per heavy atom. The lowest BCUT2D eigenvalue weighted by atomic mass is 10.1. The number of H-pyrrole nitrogens is 1. The van der Waals surface area contributed by atoms with Crippen molar-refractivity contribution in [2.75, 3.05) is 7.11 Å². The van der Waals surface area contributed by atoms with Gasteiger partial charge in [0.05, 0.1) is 7.11 Å². The molecule has 9 heteroatoms. The lowest BCUT2D eigenvalue weighted by molar-refractivity contribution is -0.276. The van der Waals surface area contributed by atoms with E-state index in [0.717, 1.165) is 13.2 Å². The van der Waals surface area contributed by atoms with E-state index in [-0.39, 0.29) is 12.1 Å². The minimum absolute atomic E-state index is 0.107. The molecule has 0 saturated heterocycles. The van der Waals surface area contributed by atoms with E-state index in [0.29, 0.717) is 0 Å². The second-order valence-electron chi connectivity index (χ2n) is 3.11. The van der Waals surface area contributed by atoms with Crippen molar-refractivity contribution in [3.63, 3.8) is 0 Å². The maximum Gasteiger partial charge on any atom is 0.574 e. The maximum atomic E-state index is 12.1. The van der Waals surface area contributed by atoms with E-state index < -0.39 is 29.3 Å². The predicted molar refractivity (Wildman–Crippen MR) is 53.0 cm³/mol. The first-order chi connectivity index (χ1) is 8.28. The van der Waals surface area contributed by atoms with E-state index in [2.05, 4.69) is 9.47 Å². The lowest BCUT2D eigenvalue weighted by Gasteiger charge is -2.13. The van der Waals surface area contributed by atoms with Crippen molar-refractivity contribution in [1.29, 1.82) is 0 Å². The van der Waals surface area contributed by atoms with Crippen LogP contribution in [0.3, 0.4) is 0 Å². The molecule has 1 heterocycles. The molecule has 0 amide bonds. The summed E-state index contributed by atoms with van der Waals surface area (Å²) in [6, 6.07) is 0.898. The third kappa shape index (κ3) is 3.23. The monoisotopic (exact) mass is 266 g/mol. The van der Waals surface area contributed by atoms with Gasteiger partial charge in [0, 0.05) is 12.6 Å². The van der Waals surface area contributed by atoms with E-state index in [1.165, 1.54) is 0 Å². The molecular formula is C9H9F3N2O4. The fourth-order valence-electron chi connectivity index (χ4n) is 1.27. The minimum Gasteiger partial charge on any atom is -0.465 e. The third-order valence-electron chi connectivity index (χ3n) is 1.92. The van der Waals surface area contributed by atoms with Gasteiger partial charge in [-0.1, -0.05) is 0 Å². The first-order valence-electron chi connectivity index (χ1n) is 4.58. The summed E-state index contributed by atoms with van der Waals surface area (Å²) in [5.41, 5.74) is 3.71. The molecule has 18 heavy (non-hydrogen) atoms. The van der Waals surface area contributed by atoms with Crippen molar-refractivity contribution in [3.05, 3.63) is 27.5 Å². The number of esters is 1. The largest absolute Gasteiger partial charge is 0.574 e. The molecule has 0 unspecified atom stereocenters. The van der Waals surface area contributed by atoms with Gasteiger partial charge in [0.15, 0.2) is 0 Å². The Labute approximate surface area is 98.5 Å². The average molecular weight is 266 g/mol. The summed E-state index contributed by atoms with van der Waals surface area (Å²) >= 11 is 0. The number of nitrogens with one attached hydrogen (secondary N) is 1. The van der Waals surface area contributed by atoms with Crippen LogP contribution in [0.1, 0.15) is 15.9 Å². The van der Waals surface area contributed by atoms with Crippen LogP contribution >= 0.6 is 0 Å². The number of pyridine rings is 1. The van der Waals surface area contributed by atoms with Crippen LogP contribution in [0, 0.1) is 0 Å². The molecule has 3 N–H and O–H groups in total. The molecule has 1 aromatic rings. The number of nitrogens with two attached hydrogens (primary N) is 1. The molecule has 0 aliphatic carbocycles. The van der Waals surface area contributed by atoms with Crippen LogP contribution in [0.5, 0.6) is 5.88 Å². The van der Waals surface area contributed by atoms with Crippen LogP contribution in [0.15, 0.2) is 10.9 Å². The summed E-state index contributed by atoms with van der Waals surface area (Å²) in [5, 5.41) is 0. The van der Waals surface area contributed by atoms with Crippen molar-refractivity contribution in [1.82, 2.24) is 4.98 Å². The highest BCUT2D eigenvalue weighted by atomic mass is 19.4. The molecule has 0 bridgehead atoms. The average Bonchev–Trinajstić information content (AvgIpc) is 2.25. The number of alkyl halides is 3. The van der Waals surface area contributed by atoms with Gasteiger partial charge < -0.3 is 15.2 Å². The number of carbonyl (C=O) groups is 1. The van der Waals surface area contributed by atoms with Crippen LogP contribution in [0.2, 0.25) is 0 Å². The molecular weight excluding hydrogens is 257 g/mol. The molecule has 0 aliphatic heterocycles. The van der Waals surface area contributed by atoms with Crippen molar-refractivity contribution < 1.29 is 27.4 Å². The van der Waals surface area contributed by atoms with Gasteiger partial charge in [-0.15, -0.1) is 13.2 Å². The number of rotatable bonds is 3. The highest BCUT2D eigenvalue weighted by Gasteiger charge is 2.34. The number of methoxy groups -OCH3 is 1. The highest BCUT2D eigenvalue weighted by molar-refractivity contribution is 5.93. The zero-order chi connectivity index (χ0) is 13.9. The molecule has 0 spiro atoms. The van der Waals surface area contributed by atoms with Crippen LogP contribution in [-0.2, 0) is 11.3 Å². The summed E-state index contributed by atoms with van der Waals surface area (Å²) in [6.45, 7) is -0.317. The molecule has 0 aromatic carbocycles. The zero-order valence-electron chi connectivity index (χ0n) is 9.13. The SMILES string of the molecule is COC(=O)c1c(CN)cc(=O)[nH]c1OC(F)(F)F. The first-order valence-corrected chi connectivity index (χ1v) is 4.58. The third-order valence-corrected chi connectivity index (χ3v) is 1.92. The van der Waals surface area contributed by atoms with Gasteiger partial charge in [0.2, 0.25) is 5.88 Å². The molecule has 0 aliphatic rings. The number of aromatic amines is 1. The molecule has 1 rings (SSSR count). The summed E-state index contributed by atoms with van der Waals surface area (Å²) in [6.07, 6.45) is -5.06. The van der Waals surface area contributed by atoms with Crippen LogP contribution in [0.25, 0.3) is 0 Å². The Bertz CT molecular complexity index is 510. The number of ether oxygens (including phenoxy) is 2. The van der Waals surface area contributed by atoms with E-state index in [1.54, 1.807) is 4.98 Å². The molecule has 0 atom stereocenters. The van der Waals surface area contributed by atoms with Crippen molar-refractivity contribution in [2.24, 2.45) is 5.73 Å². The number of carbonyl (C=O) groups excluding carboxylic acids is 1. The van der Waals surface area contributed by atoms with Gasteiger partial charge in [-0.25, -0.2) is 4.79 Å². The summed E-state index contributed by atoms with van der Waals surface area (Å²) in [7, 11) is 0.977. The smallest absolute Gasteiger partial charge is 0.465 e. The van der Waals surface area contributed by atoms with Crippen LogP contribution < -0.4 is 16.0 Å². The molecule has 1 aromatic heterocycles. The molecule has 0 radical (unpaired) electrons. The van der Waals surface area contributed by atoms with Gasteiger partial charge in [-0.2, -0.15) is 0 Å². The Balaban J connectivity index is 3.42. The van der Waals surface area contributed by atoms with E-state index in [1.807, 2.05) is 0 Å². The minimum atomic E-state index is -5.06. The van der Waals surface area contributed by atoms with Crippen LogP contribution in [0.4, 0.5) is 13.2 Å². The predicted octanol–water partition coefficient (Wildman–Crippen LogP) is 0.519. The Morgan fingerprint density at radius 3 is 2.56 bits per heavy atom. The Hall–Kier alpha value is -2.03. The van der Waals surface area contributed by atoms with Gasteiger partial charge >= 0.3 is 12.3 Å². The van der Waals surface area contributed by atoms with E-state index in [4.69, 9.17) is 5.73 Å². The Morgan fingerprint density at radius 1 is 1.50 bits per heavy atom. The van der Waals surface area contributed by atoms with E-state index >= 15 is 0 Å². The number of hydrogen-bond donors (Lipinski definition) is 2. The topological polar surface area (TPSA) is 94.4 Å². The van der Waals surface area contributed by atoms with Gasteiger partial charge in [-0.05, 0) is 5.56 Å². The normalized spacial score (nSPS) is 11.2. The fourth-order valence-corrected chi connectivity index (χ4v) is 1.27. The van der Waals surface area contributed by atoms with Crippen molar-refractivity contribution in [2.45, 2.75) is 12.9 Å². The second-order valence-corrected chi connectivity index (χ2v) is 3.11. The number of hydrogen-bond acceptors (Lipinski definition) is 5. The summed E-state index contributed by atoms with van der Waals surface area (Å²) < 4.78 is 44.3. The van der Waals surface area contributed by atoms with Crippen molar-refractivity contribution >= 4 is 5.97 Å². The summed E-state index contributed by atoms with van der Waals surface area (Å²) in [4.78, 5) is 24.2. The number of halogens is 3. The lowest BCUT2D eigenvalue weighted by Crippen LogP contribution is -2.24. The number of aromatic nitrogens is 1. The Kier molecular flexibility index (Phi) is 3.96. The highest BCUT2D eigenvalue weighted by Crippen LogP contribution is 2.25. The molecule has 0 fully saturated rings. The standard InChI is InChI=1S/C9H9F3N2O4/c1-17-8(16)6-4(3-13)2-5(15)14-7(6)18-9(10,11)12/h2H,3,13H2,1H3,(H,14,15). The second kappa shape index (κ2) is 5.08. The summed E-state index contributed by atoms with van der Waals surface area (Å²) in [5.74, 6) is -2.13. The van der Waals surface area contributed by atoms with Gasteiger partial charge in [-0.3, -0.25) is 9.78 Å². The maximum absolute atomic E-state index is 12.1. The first kappa shape index (κ1) is 14.0. The molecule has 0 saturated carbocycles.